The van der Waals surface area contributed by atoms with Crippen LogP contribution in [0.3, 0.4) is 0 Å². The summed E-state index contributed by atoms with van der Waals surface area (Å²) in [4.78, 5) is 24.1. The summed E-state index contributed by atoms with van der Waals surface area (Å²) in [6, 6.07) is 12.8. The lowest BCUT2D eigenvalue weighted by Crippen LogP contribution is -2.32. The highest BCUT2D eigenvalue weighted by atomic mass is 16.5. The van der Waals surface area contributed by atoms with Crippen LogP contribution in [0, 0.1) is 0 Å². The monoisotopic (exact) mass is 367 g/mol. The molecule has 3 N–H and O–H groups in total. The van der Waals surface area contributed by atoms with Crippen molar-refractivity contribution in [1.29, 1.82) is 0 Å². The summed E-state index contributed by atoms with van der Waals surface area (Å²) in [7, 11) is 0. The highest BCUT2D eigenvalue weighted by molar-refractivity contribution is 5.98. The SMILES string of the molecule is CCC(C)c1ccccc1NC(=O)C(C)Nc1ccc2c(c1)NC(=O)CO2. The van der Waals surface area contributed by atoms with Gasteiger partial charge in [-0.1, -0.05) is 32.0 Å². The minimum Gasteiger partial charge on any atom is -0.482 e. The maximum atomic E-state index is 12.7. The average Bonchev–Trinajstić information content (AvgIpc) is 2.67. The van der Waals surface area contributed by atoms with Gasteiger partial charge >= 0.3 is 0 Å². The van der Waals surface area contributed by atoms with E-state index in [1.807, 2.05) is 30.3 Å². The zero-order valence-corrected chi connectivity index (χ0v) is 15.8. The standard InChI is InChI=1S/C21H25N3O3/c1-4-13(2)16-7-5-6-8-17(16)24-21(26)14(3)22-15-9-10-19-18(11-15)23-20(25)12-27-19/h5-11,13-14,22H,4,12H2,1-3H3,(H,23,25)(H,24,26). The maximum Gasteiger partial charge on any atom is 0.262 e. The van der Waals surface area contributed by atoms with Gasteiger partial charge in [-0.05, 0) is 49.1 Å². The molecule has 1 heterocycles. The number of para-hydroxylation sites is 1. The van der Waals surface area contributed by atoms with Gasteiger partial charge in [0.25, 0.3) is 5.91 Å². The summed E-state index contributed by atoms with van der Waals surface area (Å²) in [5.41, 5.74) is 3.31. The average molecular weight is 367 g/mol. The number of nitrogens with one attached hydrogen (secondary N) is 3. The summed E-state index contributed by atoms with van der Waals surface area (Å²) in [5, 5.41) is 8.95. The fourth-order valence-corrected chi connectivity index (χ4v) is 2.99. The van der Waals surface area contributed by atoms with Crippen molar-refractivity contribution < 1.29 is 14.3 Å². The Kier molecular flexibility index (Phi) is 5.64. The van der Waals surface area contributed by atoms with Crippen LogP contribution >= 0.6 is 0 Å². The first-order valence-electron chi connectivity index (χ1n) is 9.21. The van der Waals surface area contributed by atoms with Crippen LogP contribution in [-0.4, -0.2) is 24.5 Å². The Bertz CT molecular complexity index is 850. The molecule has 0 saturated carbocycles. The van der Waals surface area contributed by atoms with Crippen molar-refractivity contribution in [2.24, 2.45) is 0 Å². The molecule has 2 unspecified atom stereocenters. The minimum absolute atomic E-state index is 0.0220. The molecule has 6 heteroatoms. The predicted octanol–water partition coefficient (Wildman–Crippen LogP) is 3.97. The first kappa shape index (κ1) is 18.8. The Morgan fingerprint density at radius 3 is 2.78 bits per heavy atom. The number of anilines is 3. The van der Waals surface area contributed by atoms with Gasteiger partial charge in [0.2, 0.25) is 5.91 Å². The third-order valence-electron chi connectivity index (χ3n) is 4.75. The second kappa shape index (κ2) is 8.12. The molecule has 142 valence electrons. The van der Waals surface area contributed by atoms with Crippen LogP contribution in [0.5, 0.6) is 5.75 Å². The molecule has 0 radical (unpaired) electrons. The second-order valence-electron chi connectivity index (χ2n) is 6.80. The van der Waals surface area contributed by atoms with Crippen molar-refractivity contribution in [3.8, 4) is 5.75 Å². The lowest BCUT2D eigenvalue weighted by molar-refractivity contribution is -0.118. The highest BCUT2D eigenvalue weighted by Crippen LogP contribution is 2.31. The number of carbonyl (C=O) groups excluding carboxylic acids is 2. The van der Waals surface area contributed by atoms with Gasteiger partial charge in [-0.3, -0.25) is 9.59 Å². The van der Waals surface area contributed by atoms with Crippen molar-refractivity contribution in [3.63, 3.8) is 0 Å². The van der Waals surface area contributed by atoms with Gasteiger partial charge in [-0.2, -0.15) is 0 Å². The smallest absolute Gasteiger partial charge is 0.262 e. The first-order chi connectivity index (χ1) is 13.0. The molecular formula is C21H25N3O3. The second-order valence-corrected chi connectivity index (χ2v) is 6.80. The van der Waals surface area contributed by atoms with Crippen LogP contribution in [0.4, 0.5) is 17.1 Å². The van der Waals surface area contributed by atoms with Crippen LogP contribution in [0.2, 0.25) is 0 Å². The summed E-state index contributed by atoms with van der Waals surface area (Å²) in [5.74, 6) is 0.685. The Hall–Kier alpha value is -3.02. The molecule has 0 saturated heterocycles. The third kappa shape index (κ3) is 4.39. The quantitative estimate of drug-likeness (QED) is 0.722. The van der Waals surface area contributed by atoms with E-state index in [4.69, 9.17) is 4.74 Å². The van der Waals surface area contributed by atoms with Crippen LogP contribution in [0.1, 0.15) is 38.7 Å². The van der Waals surface area contributed by atoms with Crippen LogP contribution < -0.4 is 20.7 Å². The van der Waals surface area contributed by atoms with Crippen molar-refractivity contribution in [2.75, 3.05) is 22.6 Å². The number of ether oxygens (including phenoxy) is 1. The Morgan fingerprint density at radius 1 is 1.22 bits per heavy atom. The van der Waals surface area contributed by atoms with Gasteiger partial charge in [-0.25, -0.2) is 0 Å². The molecule has 0 aromatic heterocycles. The number of carbonyl (C=O) groups is 2. The summed E-state index contributed by atoms with van der Waals surface area (Å²) in [6.45, 7) is 6.10. The molecule has 0 aliphatic carbocycles. The molecule has 0 fully saturated rings. The molecule has 0 spiro atoms. The highest BCUT2D eigenvalue weighted by Gasteiger charge is 2.19. The zero-order valence-electron chi connectivity index (χ0n) is 15.8. The van der Waals surface area contributed by atoms with Crippen molar-refractivity contribution >= 4 is 28.9 Å². The van der Waals surface area contributed by atoms with E-state index in [1.165, 1.54) is 0 Å². The van der Waals surface area contributed by atoms with E-state index < -0.39 is 6.04 Å². The van der Waals surface area contributed by atoms with E-state index in [0.717, 1.165) is 23.4 Å². The van der Waals surface area contributed by atoms with Crippen LogP contribution in [0.25, 0.3) is 0 Å². The lowest BCUT2D eigenvalue weighted by Gasteiger charge is -2.21. The van der Waals surface area contributed by atoms with Gasteiger partial charge in [0.05, 0.1) is 5.69 Å². The van der Waals surface area contributed by atoms with Gasteiger partial charge in [0.15, 0.2) is 6.61 Å². The molecule has 2 atom stereocenters. The minimum atomic E-state index is -0.451. The molecule has 6 nitrogen and oxygen atoms in total. The Balaban J connectivity index is 1.68. The Labute approximate surface area is 159 Å². The van der Waals surface area contributed by atoms with Gasteiger partial charge < -0.3 is 20.7 Å². The fourth-order valence-electron chi connectivity index (χ4n) is 2.99. The predicted molar refractivity (Wildman–Crippen MR) is 107 cm³/mol. The third-order valence-corrected chi connectivity index (χ3v) is 4.75. The summed E-state index contributed by atoms with van der Waals surface area (Å²) in [6.07, 6.45) is 1.00. The lowest BCUT2D eigenvalue weighted by atomic mass is 9.97. The number of hydrogen-bond acceptors (Lipinski definition) is 4. The number of amides is 2. The molecule has 0 bridgehead atoms. The van der Waals surface area contributed by atoms with Crippen molar-refractivity contribution in [1.82, 2.24) is 0 Å². The maximum absolute atomic E-state index is 12.7. The summed E-state index contributed by atoms with van der Waals surface area (Å²) < 4.78 is 5.35. The fraction of sp³-hybridized carbons (Fsp3) is 0.333. The molecule has 2 amide bonds. The number of hydrogen-bond donors (Lipinski definition) is 3. The molecule has 2 aromatic rings. The first-order valence-corrected chi connectivity index (χ1v) is 9.21. The number of benzene rings is 2. The Morgan fingerprint density at radius 2 is 2.00 bits per heavy atom. The van der Waals surface area contributed by atoms with Crippen LogP contribution in [-0.2, 0) is 9.59 Å². The number of rotatable bonds is 6. The van der Waals surface area contributed by atoms with Crippen LogP contribution in [0.15, 0.2) is 42.5 Å². The van der Waals surface area contributed by atoms with Gasteiger partial charge in [0, 0.05) is 11.4 Å². The normalized spacial score (nSPS) is 15.0. The molecule has 27 heavy (non-hydrogen) atoms. The van der Waals surface area contributed by atoms with Crippen molar-refractivity contribution in [3.05, 3.63) is 48.0 Å². The van der Waals surface area contributed by atoms with E-state index in [9.17, 15) is 9.59 Å². The molecule has 1 aliphatic rings. The molecule has 2 aromatic carbocycles. The topological polar surface area (TPSA) is 79.5 Å². The largest absolute Gasteiger partial charge is 0.482 e. The summed E-state index contributed by atoms with van der Waals surface area (Å²) >= 11 is 0. The van der Waals surface area contributed by atoms with Gasteiger partial charge in [-0.15, -0.1) is 0 Å². The van der Waals surface area contributed by atoms with E-state index >= 15 is 0 Å². The molecule has 3 rings (SSSR count). The van der Waals surface area contributed by atoms with E-state index in [-0.39, 0.29) is 18.4 Å². The molecular weight excluding hydrogens is 342 g/mol. The zero-order chi connectivity index (χ0) is 19.4. The van der Waals surface area contributed by atoms with Crippen molar-refractivity contribution in [2.45, 2.75) is 39.2 Å². The van der Waals surface area contributed by atoms with E-state index in [0.29, 0.717) is 17.4 Å². The molecule has 1 aliphatic heterocycles. The van der Waals surface area contributed by atoms with E-state index in [1.54, 1.807) is 19.1 Å². The van der Waals surface area contributed by atoms with E-state index in [2.05, 4.69) is 29.8 Å². The number of fused-ring (bicyclic) bond motifs is 1. The van der Waals surface area contributed by atoms with Gasteiger partial charge in [0.1, 0.15) is 11.8 Å².